The van der Waals surface area contributed by atoms with E-state index in [1.54, 1.807) is 26.0 Å². The molecule has 0 aliphatic heterocycles. The average Bonchev–Trinajstić information content (AvgIpc) is 3.36. The smallest absolute Gasteiger partial charge is 0.341 e. The van der Waals surface area contributed by atoms with Crippen molar-refractivity contribution in [2.45, 2.75) is 32.6 Å². The minimum atomic E-state index is -0.613. The lowest BCUT2D eigenvalue weighted by atomic mass is 10.1. The van der Waals surface area contributed by atoms with Crippen LogP contribution in [0.2, 0.25) is 0 Å². The number of para-hydroxylation sites is 1. The number of carbonyl (C=O) groups is 3. The Morgan fingerprint density at radius 3 is 2.70 bits per heavy atom. The van der Waals surface area contributed by atoms with Gasteiger partial charge in [-0.1, -0.05) is 23.9 Å². The number of anilines is 1. The van der Waals surface area contributed by atoms with Crippen LogP contribution in [0.3, 0.4) is 0 Å². The molecule has 0 saturated heterocycles. The third-order valence-electron chi connectivity index (χ3n) is 4.16. The third-order valence-corrected chi connectivity index (χ3v) is 6.29. The molecule has 1 aromatic carbocycles. The summed E-state index contributed by atoms with van der Waals surface area (Å²) in [6.07, 6.45) is 0. The van der Waals surface area contributed by atoms with Crippen LogP contribution >= 0.6 is 23.1 Å². The number of thiophene rings is 1. The van der Waals surface area contributed by atoms with Crippen LogP contribution in [0, 0.1) is 12.7 Å². The van der Waals surface area contributed by atoms with Crippen LogP contribution in [0.15, 0.2) is 33.9 Å². The molecular formula is C21H20FN3O6S2. The van der Waals surface area contributed by atoms with Gasteiger partial charge in [0.15, 0.2) is 24.0 Å². The Hall–Kier alpha value is -3.25. The Balaban J connectivity index is 1.60. The molecule has 0 aliphatic carbocycles. The minimum absolute atomic E-state index is 0.0536. The van der Waals surface area contributed by atoms with Crippen molar-refractivity contribution in [3.63, 3.8) is 0 Å². The maximum absolute atomic E-state index is 13.6. The second-order valence-corrected chi connectivity index (χ2v) is 8.50. The summed E-state index contributed by atoms with van der Waals surface area (Å²) in [7, 11) is 0. The van der Waals surface area contributed by atoms with Gasteiger partial charge in [0.05, 0.1) is 22.8 Å². The highest BCUT2D eigenvalue weighted by atomic mass is 32.2. The van der Waals surface area contributed by atoms with Crippen LogP contribution in [0.4, 0.5) is 9.39 Å². The number of ether oxygens (including phenoxy) is 2. The lowest BCUT2D eigenvalue weighted by molar-refractivity contribution is -0.113. The zero-order valence-electron chi connectivity index (χ0n) is 18.0. The molecule has 0 saturated carbocycles. The van der Waals surface area contributed by atoms with Gasteiger partial charge in [0.25, 0.3) is 11.1 Å². The lowest BCUT2D eigenvalue weighted by Crippen LogP contribution is -2.16. The summed E-state index contributed by atoms with van der Waals surface area (Å²) in [5.41, 5.74) is 0.626. The van der Waals surface area contributed by atoms with E-state index in [4.69, 9.17) is 13.9 Å². The number of esters is 1. The summed E-state index contributed by atoms with van der Waals surface area (Å²) < 4.78 is 29.3. The summed E-state index contributed by atoms with van der Waals surface area (Å²) in [5, 5.41) is 10.6. The molecule has 9 nitrogen and oxygen atoms in total. The minimum Gasteiger partial charge on any atom is -0.481 e. The summed E-state index contributed by atoms with van der Waals surface area (Å²) in [6.45, 7) is 4.71. The van der Waals surface area contributed by atoms with Crippen LogP contribution in [0.25, 0.3) is 0 Å². The molecule has 12 heteroatoms. The summed E-state index contributed by atoms with van der Waals surface area (Å²) in [5.74, 6) is -1.70. The number of aromatic nitrogens is 2. The summed E-state index contributed by atoms with van der Waals surface area (Å²) in [4.78, 5) is 37.0. The van der Waals surface area contributed by atoms with Crippen LogP contribution in [-0.4, -0.2) is 40.2 Å². The highest BCUT2D eigenvalue weighted by Gasteiger charge is 2.25. The standard InChI is InChI=1S/C21H20FN3O6S2/c1-4-29-20(28)17-11(2)18(12(3)26)33-19(17)23-15(27)10-32-21-25-24-16(31-21)9-30-14-8-6-5-7-13(14)22/h5-8H,4,9-10H2,1-3H3,(H,23,27). The van der Waals surface area contributed by atoms with Gasteiger partial charge in [-0.2, -0.15) is 0 Å². The van der Waals surface area contributed by atoms with Gasteiger partial charge in [0, 0.05) is 0 Å². The molecule has 0 radical (unpaired) electrons. The molecule has 3 aromatic rings. The molecule has 0 bridgehead atoms. The number of halogens is 1. The van der Waals surface area contributed by atoms with Crippen molar-refractivity contribution in [3.8, 4) is 5.75 Å². The van der Waals surface area contributed by atoms with Crippen LogP contribution in [0.5, 0.6) is 5.75 Å². The number of hydrogen-bond acceptors (Lipinski definition) is 10. The Bertz CT molecular complexity index is 1180. The zero-order chi connectivity index (χ0) is 24.0. The number of Topliss-reactive ketones (excluding diaryl/α,β-unsaturated/α-hetero) is 1. The SMILES string of the molecule is CCOC(=O)c1c(NC(=O)CSc2nnc(COc3ccccc3F)o2)sc(C(C)=O)c1C. The number of benzene rings is 1. The van der Waals surface area contributed by atoms with E-state index in [1.807, 2.05) is 0 Å². The molecular weight excluding hydrogens is 473 g/mol. The first-order valence-corrected chi connectivity index (χ1v) is 11.5. The number of carbonyl (C=O) groups excluding carboxylic acids is 3. The van der Waals surface area contributed by atoms with Crippen LogP contribution in [-0.2, 0) is 16.1 Å². The van der Waals surface area contributed by atoms with E-state index < -0.39 is 17.7 Å². The number of nitrogens with zero attached hydrogens (tertiary/aromatic N) is 2. The summed E-state index contributed by atoms with van der Waals surface area (Å²) >= 11 is 1.99. The second kappa shape index (κ2) is 11.1. The molecule has 1 N–H and O–H groups in total. The highest BCUT2D eigenvalue weighted by Crippen LogP contribution is 2.34. The van der Waals surface area contributed by atoms with Crippen molar-refractivity contribution in [2.24, 2.45) is 0 Å². The molecule has 2 heterocycles. The number of nitrogens with one attached hydrogen (secondary N) is 1. The van der Waals surface area contributed by atoms with E-state index in [2.05, 4.69) is 15.5 Å². The number of hydrogen-bond donors (Lipinski definition) is 1. The van der Waals surface area contributed by atoms with Gasteiger partial charge in [-0.05, 0) is 38.5 Å². The fourth-order valence-corrected chi connectivity index (χ4v) is 4.42. The quantitative estimate of drug-likeness (QED) is 0.251. The van der Waals surface area contributed by atoms with E-state index in [9.17, 15) is 18.8 Å². The molecule has 1 amide bonds. The zero-order valence-corrected chi connectivity index (χ0v) is 19.6. The van der Waals surface area contributed by atoms with Crippen molar-refractivity contribution in [3.05, 3.63) is 52.0 Å². The Labute approximate surface area is 196 Å². The number of amides is 1. The van der Waals surface area contributed by atoms with Gasteiger partial charge >= 0.3 is 5.97 Å². The molecule has 3 rings (SSSR count). The first-order valence-electron chi connectivity index (χ1n) is 9.74. The fourth-order valence-electron chi connectivity index (χ4n) is 2.73. The predicted molar refractivity (Wildman–Crippen MR) is 119 cm³/mol. The molecule has 2 aromatic heterocycles. The maximum Gasteiger partial charge on any atom is 0.341 e. The third kappa shape index (κ3) is 6.17. The average molecular weight is 494 g/mol. The molecule has 0 unspecified atom stereocenters. The van der Waals surface area contributed by atoms with E-state index in [0.717, 1.165) is 23.1 Å². The maximum atomic E-state index is 13.6. The van der Waals surface area contributed by atoms with E-state index in [1.165, 1.54) is 19.1 Å². The van der Waals surface area contributed by atoms with Crippen molar-refractivity contribution in [2.75, 3.05) is 17.7 Å². The van der Waals surface area contributed by atoms with Crippen LogP contribution in [0.1, 0.15) is 45.3 Å². The van der Waals surface area contributed by atoms with Gasteiger partial charge in [-0.15, -0.1) is 21.5 Å². The molecule has 33 heavy (non-hydrogen) atoms. The fraction of sp³-hybridized carbons (Fsp3) is 0.286. The van der Waals surface area contributed by atoms with E-state index >= 15 is 0 Å². The predicted octanol–water partition coefficient (Wildman–Crippen LogP) is 4.27. The molecule has 0 atom stereocenters. The summed E-state index contributed by atoms with van der Waals surface area (Å²) in [6, 6.07) is 5.92. The number of thioether (sulfide) groups is 1. The Kier molecular flexibility index (Phi) is 8.17. The molecule has 174 valence electrons. The topological polar surface area (TPSA) is 121 Å². The monoisotopic (exact) mass is 493 g/mol. The molecule has 0 aliphatic rings. The Morgan fingerprint density at radius 1 is 1.24 bits per heavy atom. The van der Waals surface area contributed by atoms with Crippen molar-refractivity contribution in [1.82, 2.24) is 10.2 Å². The lowest BCUT2D eigenvalue weighted by Gasteiger charge is -2.06. The molecule has 0 spiro atoms. The van der Waals surface area contributed by atoms with Crippen molar-refractivity contribution in [1.29, 1.82) is 0 Å². The van der Waals surface area contributed by atoms with Gasteiger partial charge in [-0.3, -0.25) is 9.59 Å². The Morgan fingerprint density at radius 2 is 2.00 bits per heavy atom. The molecule has 0 fully saturated rings. The number of rotatable bonds is 10. The largest absolute Gasteiger partial charge is 0.481 e. The second-order valence-electron chi connectivity index (χ2n) is 6.55. The first kappa shape index (κ1) is 24.4. The van der Waals surface area contributed by atoms with Gasteiger partial charge < -0.3 is 19.2 Å². The number of ketones is 1. The van der Waals surface area contributed by atoms with Crippen molar-refractivity contribution < 1.29 is 32.7 Å². The first-order chi connectivity index (χ1) is 15.8. The van der Waals surface area contributed by atoms with E-state index in [-0.39, 0.29) is 52.2 Å². The van der Waals surface area contributed by atoms with Gasteiger partial charge in [0.1, 0.15) is 5.00 Å². The van der Waals surface area contributed by atoms with E-state index in [0.29, 0.717) is 10.4 Å². The normalized spacial score (nSPS) is 10.7. The van der Waals surface area contributed by atoms with Crippen molar-refractivity contribution >= 4 is 45.8 Å². The van der Waals surface area contributed by atoms with Gasteiger partial charge in [-0.25, -0.2) is 9.18 Å². The van der Waals surface area contributed by atoms with Gasteiger partial charge in [0.2, 0.25) is 5.91 Å². The highest BCUT2D eigenvalue weighted by molar-refractivity contribution is 7.99. The van der Waals surface area contributed by atoms with Crippen LogP contribution < -0.4 is 10.1 Å².